The van der Waals surface area contributed by atoms with Crippen LogP contribution in [-0.4, -0.2) is 27.7 Å². The zero-order valence-corrected chi connectivity index (χ0v) is 20.6. The largest absolute Gasteiger partial charge is 0.465 e. The minimum atomic E-state index is -0.368. The number of benzene rings is 2. The van der Waals surface area contributed by atoms with Crippen LogP contribution in [0.1, 0.15) is 45.0 Å². The number of hydrogen-bond acceptors (Lipinski definition) is 4. The van der Waals surface area contributed by atoms with Crippen LogP contribution in [0.5, 0.6) is 0 Å². The Bertz CT molecular complexity index is 1400. The summed E-state index contributed by atoms with van der Waals surface area (Å²) < 4.78 is 7.03. The normalized spacial score (nSPS) is 17.3. The van der Waals surface area contributed by atoms with Crippen molar-refractivity contribution in [1.29, 1.82) is 0 Å². The molecule has 35 heavy (non-hydrogen) atoms. The van der Waals surface area contributed by atoms with Gasteiger partial charge in [-0.1, -0.05) is 18.2 Å². The van der Waals surface area contributed by atoms with Crippen molar-refractivity contribution in [2.75, 3.05) is 12.0 Å². The number of aryl methyl sites for hydroxylation is 2. The molecule has 2 atom stereocenters. The van der Waals surface area contributed by atoms with Crippen molar-refractivity contribution in [3.05, 3.63) is 113 Å². The molecule has 1 fully saturated rings. The van der Waals surface area contributed by atoms with Gasteiger partial charge in [0.25, 0.3) is 0 Å². The lowest BCUT2D eigenvalue weighted by Gasteiger charge is -2.29. The molecule has 0 spiro atoms. The first-order valence-corrected chi connectivity index (χ1v) is 11.8. The molecule has 3 heterocycles. The van der Waals surface area contributed by atoms with E-state index in [-0.39, 0.29) is 18.1 Å². The molecule has 0 aliphatic carbocycles. The number of carbonyl (C=O) groups is 1. The van der Waals surface area contributed by atoms with Crippen LogP contribution in [0.25, 0.3) is 5.69 Å². The van der Waals surface area contributed by atoms with Crippen molar-refractivity contribution in [3.8, 4) is 5.69 Å². The van der Waals surface area contributed by atoms with E-state index >= 15 is 0 Å². The highest BCUT2D eigenvalue weighted by molar-refractivity contribution is 7.80. The topological polar surface area (TPSA) is 59.4 Å². The molecule has 5 rings (SSSR count). The van der Waals surface area contributed by atoms with Gasteiger partial charge in [-0.15, -0.1) is 0 Å². The monoisotopic (exact) mass is 482 g/mol. The van der Waals surface area contributed by atoms with Crippen LogP contribution >= 0.6 is 12.2 Å². The summed E-state index contributed by atoms with van der Waals surface area (Å²) in [4.78, 5) is 19.0. The number of pyridine rings is 1. The third-order valence-electron chi connectivity index (χ3n) is 6.50. The number of nitrogens with zero attached hydrogens (tertiary/aromatic N) is 3. The third kappa shape index (κ3) is 4.19. The number of anilines is 1. The molecule has 0 radical (unpaired) electrons. The van der Waals surface area contributed by atoms with E-state index in [1.165, 1.54) is 18.2 Å². The standard InChI is InChI=1S/C28H26N4O2S/c1-18-12-13-22(16-19(18)2)32-26(25(30-28(32)35)23-10-4-5-14-29-23)24-11-7-15-31(24)21-9-6-8-20(17-21)27(33)34-3/h4-17,25-26H,1-3H3,(H,30,35). The Kier molecular flexibility index (Phi) is 6.09. The quantitative estimate of drug-likeness (QED) is 0.301. The smallest absolute Gasteiger partial charge is 0.337 e. The average molecular weight is 483 g/mol. The minimum Gasteiger partial charge on any atom is -0.465 e. The molecule has 2 aromatic heterocycles. The molecule has 1 aliphatic rings. The van der Waals surface area contributed by atoms with Gasteiger partial charge in [0.15, 0.2) is 5.11 Å². The fourth-order valence-corrected chi connectivity index (χ4v) is 4.93. The van der Waals surface area contributed by atoms with Gasteiger partial charge in [0, 0.05) is 29.5 Å². The van der Waals surface area contributed by atoms with E-state index in [1.54, 1.807) is 12.3 Å². The van der Waals surface area contributed by atoms with Gasteiger partial charge in [-0.05, 0) is 91.8 Å². The maximum Gasteiger partial charge on any atom is 0.337 e. The maximum atomic E-state index is 12.2. The van der Waals surface area contributed by atoms with Gasteiger partial charge in [-0.25, -0.2) is 4.79 Å². The molecule has 0 bridgehead atoms. The molecule has 4 aromatic rings. The summed E-state index contributed by atoms with van der Waals surface area (Å²) in [5.74, 6) is -0.368. The van der Waals surface area contributed by atoms with Crippen LogP contribution in [-0.2, 0) is 4.74 Å². The molecule has 6 nitrogen and oxygen atoms in total. The predicted octanol–water partition coefficient (Wildman–Crippen LogP) is 5.45. The van der Waals surface area contributed by atoms with E-state index < -0.39 is 0 Å². The van der Waals surface area contributed by atoms with Gasteiger partial charge in [0.2, 0.25) is 0 Å². The van der Waals surface area contributed by atoms with Gasteiger partial charge in [0.05, 0.1) is 24.4 Å². The lowest BCUT2D eigenvalue weighted by Crippen LogP contribution is -2.30. The number of hydrogen-bond donors (Lipinski definition) is 1. The van der Waals surface area contributed by atoms with E-state index in [1.807, 2.05) is 48.7 Å². The van der Waals surface area contributed by atoms with Gasteiger partial charge >= 0.3 is 5.97 Å². The first-order valence-electron chi connectivity index (χ1n) is 11.4. The summed E-state index contributed by atoms with van der Waals surface area (Å²) in [5.41, 5.74) is 6.74. The van der Waals surface area contributed by atoms with Crippen LogP contribution in [0.15, 0.2) is 85.2 Å². The van der Waals surface area contributed by atoms with E-state index in [9.17, 15) is 4.79 Å². The third-order valence-corrected chi connectivity index (χ3v) is 6.81. The zero-order chi connectivity index (χ0) is 24.5. The van der Waals surface area contributed by atoms with Gasteiger partial charge < -0.3 is 19.5 Å². The number of ether oxygens (including phenoxy) is 1. The second-order valence-electron chi connectivity index (χ2n) is 8.61. The predicted molar refractivity (Wildman–Crippen MR) is 141 cm³/mol. The Hall–Kier alpha value is -3.97. The molecule has 1 N–H and O–H groups in total. The molecule has 7 heteroatoms. The molecule has 1 aliphatic heterocycles. The number of aromatic nitrogens is 2. The zero-order valence-electron chi connectivity index (χ0n) is 19.8. The van der Waals surface area contributed by atoms with Crippen molar-refractivity contribution in [2.24, 2.45) is 0 Å². The SMILES string of the molecule is COC(=O)c1cccc(-n2cccc2C2C(c3ccccn3)NC(=S)N2c2ccc(C)c(C)c2)c1. The Morgan fingerprint density at radius 3 is 2.57 bits per heavy atom. The van der Waals surface area contributed by atoms with E-state index in [2.05, 4.69) is 57.9 Å². The van der Waals surface area contributed by atoms with E-state index in [0.717, 1.165) is 22.8 Å². The number of thiocarbonyl (C=S) groups is 1. The maximum absolute atomic E-state index is 12.2. The second-order valence-corrected chi connectivity index (χ2v) is 9.00. The van der Waals surface area contributed by atoms with Gasteiger partial charge in [-0.3, -0.25) is 4.98 Å². The van der Waals surface area contributed by atoms with Crippen molar-refractivity contribution >= 4 is 29.0 Å². The Labute approximate surface area is 210 Å². The summed E-state index contributed by atoms with van der Waals surface area (Å²) >= 11 is 5.87. The Balaban J connectivity index is 1.66. The van der Waals surface area contributed by atoms with Crippen molar-refractivity contribution in [2.45, 2.75) is 25.9 Å². The van der Waals surface area contributed by atoms with Crippen LogP contribution in [0, 0.1) is 13.8 Å². The molecule has 2 aromatic carbocycles. The van der Waals surface area contributed by atoms with Gasteiger partial charge in [-0.2, -0.15) is 0 Å². The Morgan fingerprint density at radius 1 is 0.971 bits per heavy atom. The summed E-state index contributed by atoms with van der Waals surface area (Å²) in [6, 6.07) is 23.5. The molecule has 0 saturated carbocycles. The molecule has 2 unspecified atom stereocenters. The molecule has 1 saturated heterocycles. The summed E-state index contributed by atoms with van der Waals surface area (Å²) in [7, 11) is 1.39. The number of rotatable bonds is 5. The molecular weight excluding hydrogens is 456 g/mol. The average Bonchev–Trinajstić information content (AvgIpc) is 3.50. The van der Waals surface area contributed by atoms with Crippen LogP contribution in [0.4, 0.5) is 5.69 Å². The summed E-state index contributed by atoms with van der Waals surface area (Å²) in [6.07, 6.45) is 3.80. The second kappa shape index (κ2) is 9.35. The van der Waals surface area contributed by atoms with Crippen LogP contribution in [0.2, 0.25) is 0 Å². The van der Waals surface area contributed by atoms with E-state index in [4.69, 9.17) is 17.0 Å². The Morgan fingerprint density at radius 2 is 1.83 bits per heavy atom. The number of esters is 1. The first-order chi connectivity index (χ1) is 17.0. The summed E-state index contributed by atoms with van der Waals surface area (Å²) in [5, 5.41) is 4.16. The van der Waals surface area contributed by atoms with E-state index in [0.29, 0.717) is 10.7 Å². The highest BCUT2D eigenvalue weighted by Gasteiger charge is 2.42. The first kappa shape index (κ1) is 22.8. The molecule has 176 valence electrons. The highest BCUT2D eigenvalue weighted by atomic mass is 32.1. The lowest BCUT2D eigenvalue weighted by atomic mass is 10.00. The fourth-order valence-electron chi connectivity index (χ4n) is 4.58. The highest BCUT2D eigenvalue weighted by Crippen LogP contribution is 2.42. The van der Waals surface area contributed by atoms with Crippen LogP contribution in [0.3, 0.4) is 0 Å². The summed E-state index contributed by atoms with van der Waals surface area (Å²) in [6.45, 7) is 4.21. The van der Waals surface area contributed by atoms with Crippen molar-refractivity contribution < 1.29 is 9.53 Å². The van der Waals surface area contributed by atoms with Crippen LogP contribution < -0.4 is 10.2 Å². The number of carbonyl (C=O) groups excluding carboxylic acids is 1. The van der Waals surface area contributed by atoms with Crippen molar-refractivity contribution in [1.82, 2.24) is 14.9 Å². The molecule has 0 amide bonds. The molecular formula is C28H26N4O2S. The number of methoxy groups -OCH3 is 1. The lowest BCUT2D eigenvalue weighted by molar-refractivity contribution is 0.0600. The minimum absolute atomic E-state index is 0.164. The fraction of sp³-hybridized carbons (Fsp3) is 0.179. The number of nitrogens with one attached hydrogen (secondary N) is 1. The van der Waals surface area contributed by atoms with Crippen molar-refractivity contribution in [3.63, 3.8) is 0 Å². The van der Waals surface area contributed by atoms with Gasteiger partial charge in [0.1, 0.15) is 6.04 Å².